The Morgan fingerprint density at radius 3 is 2.50 bits per heavy atom. The third kappa shape index (κ3) is 10.1. The van der Waals surface area contributed by atoms with Crippen molar-refractivity contribution in [3.63, 3.8) is 0 Å². The standard InChI is InChI=1S/C22H37N3O2.HI/c1-18(2)21-9-7-19(8-10-21)6-4-12-24-22(23-3)25-13-5-14-26-16-20-11-15-27-17-20;/h7-10,18,20H,4-6,11-17H2,1-3H3,(H2,23,24,25);1H. The zero-order chi connectivity index (χ0) is 19.3. The van der Waals surface area contributed by atoms with Gasteiger partial charge in [0.25, 0.3) is 0 Å². The van der Waals surface area contributed by atoms with Crippen LogP contribution in [0.2, 0.25) is 0 Å². The fourth-order valence-electron chi connectivity index (χ4n) is 3.13. The highest BCUT2D eigenvalue weighted by Crippen LogP contribution is 2.15. The summed E-state index contributed by atoms with van der Waals surface area (Å²) in [6.07, 6.45) is 4.29. The number of nitrogens with zero attached hydrogens (tertiary/aromatic N) is 1. The van der Waals surface area contributed by atoms with Crippen LogP contribution in [0.4, 0.5) is 0 Å². The molecule has 1 aromatic rings. The largest absolute Gasteiger partial charge is 0.381 e. The number of hydrogen-bond donors (Lipinski definition) is 2. The average Bonchev–Trinajstić information content (AvgIpc) is 3.20. The number of ether oxygens (including phenoxy) is 2. The second kappa shape index (κ2) is 15.0. The molecule has 0 aromatic heterocycles. The van der Waals surface area contributed by atoms with Crippen molar-refractivity contribution >= 4 is 29.9 Å². The van der Waals surface area contributed by atoms with Crippen molar-refractivity contribution in [2.75, 3.05) is 46.6 Å². The van der Waals surface area contributed by atoms with Gasteiger partial charge >= 0.3 is 0 Å². The molecule has 5 nitrogen and oxygen atoms in total. The van der Waals surface area contributed by atoms with Gasteiger partial charge in [0.1, 0.15) is 0 Å². The number of aliphatic imine (C=N–C) groups is 1. The highest BCUT2D eigenvalue weighted by molar-refractivity contribution is 14.0. The number of hydrogen-bond acceptors (Lipinski definition) is 3. The maximum Gasteiger partial charge on any atom is 0.190 e. The van der Waals surface area contributed by atoms with E-state index in [4.69, 9.17) is 9.47 Å². The molecule has 1 unspecified atom stereocenters. The topological polar surface area (TPSA) is 54.9 Å². The van der Waals surface area contributed by atoms with Crippen molar-refractivity contribution < 1.29 is 9.47 Å². The zero-order valence-corrected chi connectivity index (χ0v) is 20.0. The quantitative estimate of drug-likeness (QED) is 0.208. The SMILES string of the molecule is CN=C(NCCCOCC1CCOC1)NCCCc1ccc(C(C)C)cc1.I. The van der Waals surface area contributed by atoms with E-state index < -0.39 is 0 Å². The number of aryl methyl sites for hydroxylation is 1. The summed E-state index contributed by atoms with van der Waals surface area (Å²) in [5.41, 5.74) is 2.80. The van der Waals surface area contributed by atoms with Gasteiger partial charge in [0.05, 0.1) is 13.2 Å². The second-order valence-corrected chi connectivity index (χ2v) is 7.58. The molecule has 1 saturated heterocycles. The molecule has 6 heteroatoms. The average molecular weight is 503 g/mol. The molecule has 1 aliphatic heterocycles. The summed E-state index contributed by atoms with van der Waals surface area (Å²) < 4.78 is 11.1. The summed E-state index contributed by atoms with van der Waals surface area (Å²) in [7, 11) is 1.82. The second-order valence-electron chi connectivity index (χ2n) is 7.58. The Morgan fingerprint density at radius 1 is 1.18 bits per heavy atom. The Kier molecular flexibility index (Phi) is 13.5. The maximum atomic E-state index is 5.72. The van der Waals surface area contributed by atoms with E-state index in [1.165, 1.54) is 11.1 Å². The maximum absolute atomic E-state index is 5.72. The first-order chi connectivity index (χ1) is 13.2. The van der Waals surface area contributed by atoms with E-state index >= 15 is 0 Å². The lowest BCUT2D eigenvalue weighted by atomic mass is 10.0. The minimum atomic E-state index is 0. The summed E-state index contributed by atoms with van der Waals surface area (Å²) in [6, 6.07) is 8.99. The Hall–Kier alpha value is -0.860. The van der Waals surface area contributed by atoms with Crippen molar-refractivity contribution in [1.29, 1.82) is 0 Å². The number of rotatable bonds is 11. The van der Waals surface area contributed by atoms with E-state index in [9.17, 15) is 0 Å². The molecule has 1 aromatic carbocycles. The van der Waals surface area contributed by atoms with Crippen LogP contribution in [0.3, 0.4) is 0 Å². The fraction of sp³-hybridized carbons (Fsp3) is 0.682. The van der Waals surface area contributed by atoms with Gasteiger partial charge in [-0.1, -0.05) is 38.1 Å². The molecule has 2 N–H and O–H groups in total. The third-order valence-corrected chi connectivity index (χ3v) is 4.94. The summed E-state index contributed by atoms with van der Waals surface area (Å²) in [5, 5.41) is 6.74. The smallest absolute Gasteiger partial charge is 0.190 e. The van der Waals surface area contributed by atoms with Gasteiger partial charge in [-0.05, 0) is 42.7 Å². The Labute approximate surface area is 188 Å². The van der Waals surface area contributed by atoms with Gasteiger partial charge in [0, 0.05) is 39.3 Å². The van der Waals surface area contributed by atoms with Gasteiger partial charge in [0.2, 0.25) is 0 Å². The van der Waals surface area contributed by atoms with E-state index in [-0.39, 0.29) is 24.0 Å². The van der Waals surface area contributed by atoms with Gasteiger partial charge < -0.3 is 20.1 Å². The van der Waals surface area contributed by atoms with E-state index in [1.54, 1.807) is 0 Å². The fourth-order valence-corrected chi connectivity index (χ4v) is 3.13. The van der Waals surface area contributed by atoms with Crippen LogP contribution in [0.15, 0.2) is 29.3 Å². The molecule has 0 amide bonds. The van der Waals surface area contributed by atoms with E-state index in [0.717, 1.165) is 71.2 Å². The molecule has 0 radical (unpaired) electrons. The number of halogens is 1. The summed E-state index contributed by atoms with van der Waals surface area (Å²) in [4.78, 5) is 4.28. The van der Waals surface area contributed by atoms with Crippen LogP contribution in [0, 0.1) is 5.92 Å². The molecular weight excluding hydrogens is 465 g/mol. The molecule has 0 aliphatic carbocycles. The predicted molar refractivity (Wildman–Crippen MR) is 128 cm³/mol. The minimum Gasteiger partial charge on any atom is -0.381 e. The van der Waals surface area contributed by atoms with Gasteiger partial charge in [0.15, 0.2) is 5.96 Å². The molecule has 28 heavy (non-hydrogen) atoms. The first kappa shape index (κ1) is 25.2. The van der Waals surface area contributed by atoms with Gasteiger partial charge in [-0.25, -0.2) is 0 Å². The van der Waals surface area contributed by atoms with Crippen LogP contribution < -0.4 is 10.6 Å². The molecule has 0 spiro atoms. The van der Waals surface area contributed by atoms with Gasteiger partial charge in [-0.3, -0.25) is 4.99 Å². The number of nitrogens with one attached hydrogen (secondary N) is 2. The van der Waals surface area contributed by atoms with Gasteiger partial charge in [-0.2, -0.15) is 0 Å². The van der Waals surface area contributed by atoms with E-state index in [0.29, 0.717) is 11.8 Å². The summed E-state index contributed by atoms with van der Waals surface area (Å²) in [6.45, 7) is 9.61. The molecule has 1 atom stereocenters. The molecular formula is C22H38IN3O2. The first-order valence-corrected chi connectivity index (χ1v) is 10.4. The molecule has 1 fully saturated rings. The van der Waals surface area contributed by atoms with Crippen LogP contribution in [-0.4, -0.2) is 52.5 Å². The van der Waals surface area contributed by atoms with Crippen molar-refractivity contribution in [3.05, 3.63) is 35.4 Å². The molecule has 0 bridgehead atoms. The molecule has 2 rings (SSSR count). The summed E-state index contributed by atoms with van der Waals surface area (Å²) in [5.74, 6) is 2.06. The first-order valence-electron chi connectivity index (χ1n) is 10.4. The van der Waals surface area contributed by atoms with Crippen molar-refractivity contribution in [1.82, 2.24) is 10.6 Å². The molecule has 0 saturated carbocycles. The van der Waals surface area contributed by atoms with Crippen LogP contribution >= 0.6 is 24.0 Å². The zero-order valence-electron chi connectivity index (χ0n) is 17.7. The predicted octanol–water partition coefficient (Wildman–Crippen LogP) is 3.97. The third-order valence-electron chi connectivity index (χ3n) is 4.94. The van der Waals surface area contributed by atoms with Crippen molar-refractivity contribution in [3.8, 4) is 0 Å². The summed E-state index contributed by atoms with van der Waals surface area (Å²) >= 11 is 0. The van der Waals surface area contributed by atoms with Crippen LogP contribution in [0.1, 0.15) is 50.2 Å². The van der Waals surface area contributed by atoms with E-state index in [2.05, 4.69) is 53.7 Å². The Bertz CT molecular complexity index is 543. The highest BCUT2D eigenvalue weighted by atomic mass is 127. The number of guanidine groups is 1. The van der Waals surface area contributed by atoms with Crippen molar-refractivity contribution in [2.24, 2.45) is 10.9 Å². The molecule has 1 aliphatic rings. The van der Waals surface area contributed by atoms with E-state index in [1.807, 2.05) is 7.05 Å². The normalized spacial score (nSPS) is 16.9. The van der Waals surface area contributed by atoms with Crippen molar-refractivity contribution in [2.45, 2.75) is 45.4 Å². The van der Waals surface area contributed by atoms with Crippen LogP contribution in [-0.2, 0) is 15.9 Å². The lowest BCUT2D eigenvalue weighted by Gasteiger charge is -2.13. The Morgan fingerprint density at radius 2 is 1.89 bits per heavy atom. The Balaban J connectivity index is 0.00000392. The molecule has 1 heterocycles. The lowest BCUT2D eigenvalue weighted by Crippen LogP contribution is -2.38. The minimum absolute atomic E-state index is 0. The van der Waals surface area contributed by atoms with Crippen LogP contribution in [0.5, 0.6) is 0 Å². The number of benzene rings is 1. The van der Waals surface area contributed by atoms with Gasteiger partial charge in [-0.15, -0.1) is 24.0 Å². The monoisotopic (exact) mass is 503 g/mol. The van der Waals surface area contributed by atoms with Crippen LogP contribution in [0.25, 0.3) is 0 Å². The lowest BCUT2D eigenvalue weighted by molar-refractivity contribution is 0.0888. The highest BCUT2D eigenvalue weighted by Gasteiger charge is 2.15. The molecule has 160 valence electrons.